The van der Waals surface area contributed by atoms with E-state index in [-0.39, 0.29) is 11.8 Å². The van der Waals surface area contributed by atoms with E-state index in [0.29, 0.717) is 25.3 Å². The third kappa shape index (κ3) is 3.75. The zero-order valence-corrected chi connectivity index (χ0v) is 14.9. The summed E-state index contributed by atoms with van der Waals surface area (Å²) in [6, 6.07) is 5.39. The van der Waals surface area contributed by atoms with Gasteiger partial charge in [0.05, 0.1) is 4.70 Å². The first kappa shape index (κ1) is 16.9. The molecule has 0 saturated carbocycles. The van der Waals surface area contributed by atoms with Crippen molar-refractivity contribution in [2.45, 2.75) is 45.6 Å². The van der Waals surface area contributed by atoms with E-state index < -0.39 is 6.04 Å². The Balaban J connectivity index is 1.78. The Morgan fingerprint density at radius 1 is 1.38 bits per heavy atom. The Kier molecular flexibility index (Phi) is 5.14. The van der Waals surface area contributed by atoms with Crippen LogP contribution in [0.3, 0.4) is 0 Å². The molecule has 0 spiro atoms. The minimum atomic E-state index is -0.394. The van der Waals surface area contributed by atoms with Crippen LogP contribution in [0, 0.1) is 5.92 Å². The molecule has 3 rings (SSSR count). The molecule has 128 valence electrons. The number of fused-ring (bicyclic) bond motifs is 1. The molecule has 0 bridgehead atoms. The van der Waals surface area contributed by atoms with Crippen LogP contribution >= 0.6 is 11.5 Å². The largest absolute Gasteiger partial charge is 0.331 e. The van der Waals surface area contributed by atoms with Crippen molar-refractivity contribution in [3.8, 4) is 0 Å². The second kappa shape index (κ2) is 7.30. The van der Waals surface area contributed by atoms with E-state index in [9.17, 15) is 9.59 Å². The van der Waals surface area contributed by atoms with E-state index in [1.165, 1.54) is 11.5 Å². The van der Waals surface area contributed by atoms with E-state index in [1.807, 2.05) is 18.2 Å². The second-order valence-electron chi connectivity index (χ2n) is 6.76. The Labute approximate surface area is 146 Å². The van der Waals surface area contributed by atoms with Gasteiger partial charge in [0, 0.05) is 30.2 Å². The van der Waals surface area contributed by atoms with Gasteiger partial charge >= 0.3 is 0 Å². The summed E-state index contributed by atoms with van der Waals surface area (Å²) in [5, 5.41) is 4.01. The summed E-state index contributed by atoms with van der Waals surface area (Å²) in [4.78, 5) is 26.9. The Morgan fingerprint density at radius 3 is 2.96 bits per heavy atom. The first-order chi connectivity index (χ1) is 11.5. The number of nitrogens with one attached hydrogen (secondary N) is 1. The van der Waals surface area contributed by atoms with Gasteiger partial charge in [0.2, 0.25) is 11.8 Å². The van der Waals surface area contributed by atoms with E-state index >= 15 is 0 Å². The molecule has 2 aromatic rings. The standard InChI is InChI=1S/C18H23N3O2S/c1-12(2)9-15(21-8-4-3-5-17(21)22)18(23)20-14-6-7-16-13(10-14)11-19-24-16/h6-7,10-12,15H,3-5,8-9H2,1-2H3,(H,20,23). The van der Waals surface area contributed by atoms with Crippen molar-refractivity contribution in [3.63, 3.8) is 0 Å². The van der Waals surface area contributed by atoms with E-state index in [0.717, 1.165) is 28.6 Å². The fourth-order valence-electron chi connectivity index (χ4n) is 3.15. The molecule has 1 aliphatic heterocycles. The maximum absolute atomic E-state index is 12.8. The highest BCUT2D eigenvalue weighted by atomic mass is 32.1. The number of carbonyl (C=O) groups is 2. The van der Waals surface area contributed by atoms with Gasteiger partial charge in [0.1, 0.15) is 6.04 Å². The van der Waals surface area contributed by atoms with Crippen molar-refractivity contribution >= 4 is 39.1 Å². The third-order valence-corrected chi connectivity index (χ3v) is 5.13. The molecule has 1 N–H and O–H groups in total. The van der Waals surface area contributed by atoms with Gasteiger partial charge in [-0.1, -0.05) is 13.8 Å². The minimum absolute atomic E-state index is 0.0958. The average Bonchev–Trinajstić information content (AvgIpc) is 3.01. The minimum Gasteiger partial charge on any atom is -0.331 e. The molecule has 0 radical (unpaired) electrons. The number of anilines is 1. The van der Waals surface area contributed by atoms with Crippen LogP contribution in [-0.2, 0) is 9.59 Å². The van der Waals surface area contributed by atoms with Gasteiger partial charge in [-0.25, -0.2) is 0 Å². The van der Waals surface area contributed by atoms with E-state index in [1.54, 1.807) is 11.1 Å². The monoisotopic (exact) mass is 345 g/mol. The molecule has 24 heavy (non-hydrogen) atoms. The number of rotatable bonds is 5. The summed E-state index contributed by atoms with van der Waals surface area (Å²) in [6.07, 6.45) is 4.93. The van der Waals surface area contributed by atoms with Gasteiger partial charge in [-0.2, -0.15) is 4.37 Å². The van der Waals surface area contributed by atoms with E-state index in [4.69, 9.17) is 0 Å². The van der Waals surface area contributed by atoms with Gasteiger partial charge in [-0.15, -0.1) is 0 Å². The Bertz CT molecular complexity index is 741. The van der Waals surface area contributed by atoms with Crippen LogP contribution in [0.15, 0.2) is 24.4 Å². The molecule has 5 nitrogen and oxygen atoms in total. The van der Waals surface area contributed by atoms with Crippen LogP contribution in [0.2, 0.25) is 0 Å². The fraction of sp³-hybridized carbons (Fsp3) is 0.500. The lowest BCUT2D eigenvalue weighted by Gasteiger charge is -2.34. The summed E-state index contributed by atoms with van der Waals surface area (Å²) in [6.45, 7) is 4.84. The summed E-state index contributed by atoms with van der Waals surface area (Å²) >= 11 is 1.44. The van der Waals surface area contributed by atoms with Gasteiger partial charge in [0.15, 0.2) is 0 Å². The number of amides is 2. The smallest absolute Gasteiger partial charge is 0.247 e. The molecule has 1 unspecified atom stereocenters. The topological polar surface area (TPSA) is 62.3 Å². The number of piperidine rings is 1. The van der Waals surface area contributed by atoms with Crippen molar-refractivity contribution < 1.29 is 9.59 Å². The summed E-state index contributed by atoms with van der Waals surface area (Å²) in [7, 11) is 0. The average molecular weight is 345 g/mol. The van der Waals surface area contributed by atoms with Gasteiger partial charge in [0.25, 0.3) is 0 Å². The lowest BCUT2D eigenvalue weighted by atomic mass is 9.98. The highest BCUT2D eigenvalue weighted by molar-refractivity contribution is 7.13. The molecule has 1 fully saturated rings. The highest BCUT2D eigenvalue weighted by Gasteiger charge is 2.31. The van der Waals surface area contributed by atoms with Crippen molar-refractivity contribution in [2.24, 2.45) is 5.92 Å². The van der Waals surface area contributed by atoms with Crippen molar-refractivity contribution in [1.29, 1.82) is 0 Å². The van der Waals surface area contributed by atoms with E-state index in [2.05, 4.69) is 23.5 Å². The quantitative estimate of drug-likeness (QED) is 0.899. The first-order valence-electron chi connectivity index (χ1n) is 8.49. The molecule has 2 heterocycles. The van der Waals surface area contributed by atoms with Gasteiger partial charge in [-0.05, 0) is 54.9 Å². The number of hydrogen-bond acceptors (Lipinski definition) is 4. The molecule has 1 aliphatic rings. The lowest BCUT2D eigenvalue weighted by molar-refractivity contribution is -0.141. The summed E-state index contributed by atoms with van der Waals surface area (Å²) < 4.78 is 5.25. The Hall–Kier alpha value is -1.95. The van der Waals surface area contributed by atoms with Gasteiger partial charge < -0.3 is 10.2 Å². The van der Waals surface area contributed by atoms with Crippen LogP contribution in [0.25, 0.3) is 10.1 Å². The van der Waals surface area contributed by atoms with Crippen LogP contribution < -0.4 is 5.32 Å². The number of likely N-dealkylation sites (tertiary alicyclic amines) is 1. The maximum atomic E-state index is 12.8. The third-order valence-electron chi connectivity index (χ3n) is 4.35. The molecule has 2 amide bonds. The Morgan fingerprint density at radius 2 is 2.21 bits per heavy atom. The fourth-order valence-corrected chi connectivity index (χ4v) is 3.78. The lowest BCUT2D eigenvalue weighted by Crippen LogP contribution is -2.49. The SMILES string of the molecule is CC(C)CC(C(=O)Nc1ccc2sncc2c1)N1CCCCC1=O. The molecular formula is C18H23N3O2S. The number of hydrogen-bond donors (Lipinski definition) is 1. The van der Waals surface area contributed by atoms with Crippen LogP contribution in [0.1, 0.15) is 39.5 Å². The molecule has 1 saturated heterocycles. The van der Waals surface area contributed by atoms with Crippen molar-refractivity contribution in [3.05, 3.63) is 24.4 Å². The first-order valence-corrected chi connectivity index (χ1v) is 9.26. The zero-order valence-electron chi connectivity index (χ0n) is 14.1. The van der Waals surface area contributed by atoms with Crippen LogP contribution in [0.5, 0.6) is 0 Å². The number of benzene rings is 1. The predicted molar refractivity (Wildman–Crippen MR) is 97.1 cm³/mol. The number of nitrogens with zero attached hydrogens (tertiary/aromatic N) is 2. The van der Waals surface area contributed by atoms with Gasteiger partial charge in [-0.3, -0.25) is 9.59 Å². The molecule has 1 atom stereocenters. The zero-order chi connectivity index (χ0) is 17.1. The second-order valence-corrected chi connectivity index (χ2v) is 7.59. The molecule has 0 aliphatic carbocycles. The van der Waals surface area contributed by atoms with Crippen LogP contribution in [0.4, 0.5) is 5.69 Å². The number of carbonyl (C=O) groups excluding carboxylic acids is 2. The number of aromatic nitrogens is 1. The molecule has 6 heteroatoms. The van der Waals surface area contributed by atoms with Crippen LogP contribution in [-0.4, -0.2) is 33.7 Å². The van der Waals surface area contributed by atoms with Crippen molar-refractivity contribution in [1.82, 2.24) is 9.27 Å². The van der Waals surface area contributed by atoms with Crippen molar-refractivity contribution in [2.75, 3.05) is 11.9 Å². The molecular weight excluding hydrogens is 322 g/mol. The molecule has 1 aromatic heterocycles. The molecule has 1 aromatic carbocycles. The predicted octanol–water partition coefficient (Wildman–Crippen LogP) is 3.66. The highest BCUT2D eigenvalue weighted by Crippen LogP contribution is 2.24. The summed E-state index contributed by atoms with van der Waals surface area (Å²) in [5.41, 5.74) is 0.755. The summed E-state index contributed by atoms with van der Waals surface area (Å²) in [5.74, 6) is 0.347. The normalized spacial score (nSPS) is 16.6. The maximum Gasteiger partial charge on any atom is 0.247 e.